The van der Waals surface area contributed by atoms with Crippen LogP contribution in [0.5, 0.6) is 0 Å². The Labute approximate surface area is 86.4 Å². The molecule has 0 atom stereocenters. The molecule has 15 heavy (non-hydrogen) atoms. The summed E-state index contributed by atoms with van der Waals surface area (Å²) < 4.78 is 0. The monoisotopic (exact) mass is 202 g/mol. The molecule has 0 aliphatic heterocycles. The van der Waals surface area contributed by atoms with Gasteiger partial charge in [-0.2, -0.15) is 0 Å². The number of rotatable bonds is 3. The highest BCUT2D eigenvalue weighted by Gasteiger charge is 2.08. The highest BCUT2D eigenvalue weighted by atomic mass is 16.6. The highest BCUT2D eigenvalue weighted by molar-refractivity contribution is 5.85. The summed E-state index contributed by atoms with van der Waals surface area (Å²) >= 11 is 0. The molecule has 0 unspecified atom stereocenters. The van der Waals surface area contributed by atoms with Crippen LogP contribution in [0.2, 0.25) is 0 Å². The standard InChI is InChI=1S/C11H10N2O2/c1-2-3-8-7-12-11-6-9(13(14)15)4-5-10(8)11/h2,4-7,12H,1,3H2. The maximum absolute atomic E-state index is 10.6. The van der Waals surface area contributed by atoms with Crippen LogP contribution < -0.4 is 0 Å². The second kappa shape index (κ2) is 3.57. The van der Waals surface area contributed by atoms with Gasteiger partial charge in [0.25, 0.3) is 5.69 Å². The molecule has 76 valence electrons. The van der Waals surface area contributed by atoms with Crippen molar-refractivity contribution in [2.75, 3.05) is 0 Å². The summed E-state index contributed by atoms with van der Waals surface area (Å²) in [6.45, 7) is 3.67. The fourth-order valence-corrected chi connectivity index (χ4v) is 1.61. The van der Waals surface area contributed by atoms with Gasteiger partial charge in [0.15, 0.2) is 0 Å². The molecule has 1 N–H and O–H groups in total. The number of allylic oxidation sites excluding steroid dienone is 1. The van der Waals surface area contributed by atoms with E-state index >= 15 is 0 Å². The van der Waals surface area contributed by atoms with Crippen molar-refractivity contribution >= 4 is 16.6 Å². The molecular formula is C11H10N2O2. The average molecular weight is 202 g/mol. The molecule has 1 aromatic carbocycles. The van der Waals surface area contributed by atoms with Crippen LogP contribution in [-0.2, 0) is 6.42 Å². The van der Waals surface area contributed by atoms with E-state index in [9.17, 15) is 10.1 Å². The first-order valence-electron chi connectivity index (χ1n) is 4.57. The number of nitro benzene ring substituents is 1. The van der Waals surface area contributed by atoms with Gasteiger partial charge in [-0.3, -0.25) is 10.1 Å². The maximum Gasteiger partial charge on any atom is 0.271 e. The number of hydrogen-bond acceptors (Lipinski definition) is 2. The Morgan fingerprint density at radius 3 is 3.00 bits per heavy atom. The van der Waals surface area contributed by atoms with Crippen molar-refractivity contribution in [1.29, 1.82) is 0 Å². The van der Waals surface area contributed by atoms with Gasteiger partial charge in [-0.15, -0.1) is 6.58 Å². The van der Waals surface area contributed by atoms with Gasteiger partial charge in [0.05, 0.1) is 10.4 Å². The predicted molar refractivity (Wildman–Crippen MR) is 58.9 cm³/mol. The molecule has 0 saturated heterocycles. The van der Waals surface area contributed by atoms with Crippen molar-refractivity contribution in [3.05, 3.63) is 52.7 Å². The molecule has 0 amide bonds. The van der Waals surface area contributed by atoms with Gasteiger partial charge >= 0.3 is 0 Å². The van der Waals surface area contributed by atoms with Crippen LogP contribution >= 0.6 is 0 Å². The molecule has 1 aromatic heterocycles. The molecule has 0 radical (unpaired) electrons. The van der Waals surface area contributed by atoms with Crippen molar-refractivity contribution in [2.24, 2.45) is 0 Å². The van der Waals surface area contributed by atoms with Crippen molar-refractivity contribution in [3.8, 4) is 0 Å². The summed E-state index contributed by atoms with van der Waals surface area (Å²) in [5.41, 5.74) is 2.01. The van der Waals surface area contributed by atoms with Crippen LogP contribution in [0.3, 0.4) is 0 Å². The summed E-state index contributed by atoms with van der Waals surface area (Å²) in [6, 6.07) is 4.83. The summed E-state index contributed by atoms with van der Waals surface area (Å²) in [5, 5.41) is 11.6. The first-order valence-corrected chi connectivity index (χ1v) is 4.57. The number of aromatic nitrogens is 1. The number of hydrogen-bond donors (Lipinski definition) is 1. The number of nitro groups is 1. The Kier molecular flexibility index (Phi) is 2.25. The van der Waals surface area contributed by atoms with Crippen LogP contribution in [0.25, 0.3) is 10.9 Å². The minimum Gasteiger partial charge on any atom is -0.361 e. The molecule has 0 bridgehead atoms. The lowest BCUT2D eigenvalue weighted by molar-refractivity contribution is -0.384. The number of aromatic amines is 1. The smallest absolute Gasteiger partial charge is 0.271 e. The molecule has 0 fully saturated rings. The Bertz CT molecular complexity index is 528. The van der Waals surface area contributed by atoms with E-state index in [0.29, 0.717) is 0 Å². The summed E-state index contributed by atoms with van der Waals surface area (Å²) in [4.78, 5) is 13.2. The van der Waals surface area contributed by atoms with E-state index in [1.807, 2.05) is 12.3 Å². The first-order chi connectivity index (χ1) is 7.22. The van der Waals surface area contributed by atoms with Gasteiger partial charge in [0, 0.05) is 23.7 Å². The van der Waals surface area contributed by atoms with Crippen molar-refractivity contribution in [1.82, 2.24) is 4.98 Å². The van der Waals surface area contributed by atoms with E-state index in [1.54, 1.807) is 12.1 Å². The topological polar surface area (TPSA) is 58.9 Å². The molecule has 0 saturated carbocycles. The van der Waals surface area contributed by atoms with E-state index in [2.05, 4.69) is 11.6 Å². The molecule has 0 aliphatic rings. The molecule has 2 rings (SSSR count). The third kappa shape index (κ3) is 1.61. The molecule has 0 spiro atoms. The van der Waals surface area contributed by atoms with Gasteiger partial charge in [0.1, 0.15) is 0 Å². The number of fused-ring (bicyclic) bond motifs is 1. The lowest BCUT2D eigenvalue weighted by Crippen LogP contribution is -1.86. The van der Waals surface area contributed by atoms with E-state index in [4.69, 9.17) is 0 Å². The molecule has 0 aliphatic carbocycles. The Morgan fingerprint density at radius 1 is 1.53 bits per heavy atom. The highest BCUT2D eigenvalue weighted by Crippen LogP contribution is 2.23. The number of nitrogens with one attached hydrogen (secondary N) is 1. The third-order valence-corrected chi connectivity index (χ3v) is 2.33. The predicted octanol–water partition coefficient (Wildman–Crippen LogP) is 2.80. The Balaban J connectivity index is 2.56. The van der Waals surface area contributed by atoms with Crippen LogP contribution in [-0.4, -0.2) is 9.91 Å². The average Bonchev–Trinajstić information content (AvgIpc) is 2.61. The Morgan fingerprint density at radius 2 is 2.33 bits per heavy atom. The van der Waals surface area contributed by atoms with Crippen molar-refractivity contribution < 1.29 is 4.92 Å². The zero-order valence-electron chi connectivity index (χ0n) is 8.06. The van der Waals surface area contributed by atoms with Gasteiger partial charge in [0.2, 0.25) is 0 Å². The number of nitrogens with zero attached hydrogens (tertiary/aromatic N) is 1. The number of H-pyrrole nitrogens is 1. The minimum absolute atomic E-state index is 0.106. The van der Waals surface area contributed by atoms with Crippen molar-refractivity contribution in [2.45, 2.75) is 6.42 Å². The van der Waals surface area contributed by atoms with Gasteiger partial charge in [-0.05, 0) is 18.1 Å². The van der Waals surface area contributed by atoms with Gasteiger partial charge in [-0.1, -0.05) is 6.08 Å². The van der Waals surface area contributed by atoms with Gasteiger partial charge in [-0.25, -0.2) is 0 Å². The van der Waals surface area contributed by atoms with Gasteiger partial charge < -0.3 is 4.98 Å². The minimum atomic E-state index is -0.395. The zero-order chi connectivity index (χ0) is 10.8. The number of non-ortho nitro benzene ring substituents is 1. The Hall–Kier alpha value is -2.10. The van der Waals surface area contributed by atoms with Crippen LogP contribution in [0.15, 0.2) is 37.1 Å². The molecule has 1 heterocycles. The number of benzene rings is 1. The second-order valence-electron chi connectivity index (χ2n) is 3.29. The molecule has 4 nitrogen and oxygen atoms in total. The first kappa shape index (κ1) is 9.45. The summed E-state index contributed by atoms with van der Waals surface area (Å²) in [6.07, 6.45) is 4.43. The lowest BCUT2D eigenvalue weighted by atomic mass is 10.1. The summed E-state index contributed by atoms with van der Waals surface area (Å²) in [5.74, 6) is 0. The second-order valence-corrected chi connectivity index (χ2v) is 3.29. The lowest BCUT2D eigenvalue weighted by Gasteiger charge is -1.94. The fourth-order valence-electron chi connectivity index (χ4n) is 1.61. The van der Waals surface area contributed by atoms with E-state index in [0.717, 1.165) is 22.9 Å². The maximum atomic E-state index is 10.6. The van der Waals surface area contributed by atoms with Crippen LogP contribution in [0, 0.1) is 10.1 Å². The van der Waals surface area contributed by atoms with E-state index < -0.39 is 4.92 Å². The summed E-state index contributed by atoms with van der Waals surface area (Å²) in [7, 11) is 0. The van der Waals surface area contributed by atoms with Crippen molar-refractivity contribution in [3.63, 3.8) is 0 Å². The quantitative estimate of drug-likeness (QED) is 0.472. The molecular weight excluding hydrogens is 192 g/mol. The fraction of sp³-hybridized carbons (Fsp3) is 0.0909. The largest absolute Gasteiger partial charge is 0.361 e. The molecule has 2 aromatic rings. The van der Waals surface area contributed by atoms with E-state index in [1.165, 1.54) is 6.07 Å². The SMILES string of the molecule is C=CCc1c[nH]c2cc([N+](=O)[O-])ccc12. The third-order valence-electron chi connectivity index (χ3n) is 2.33. The van der Waals surface area contributed by atoms with Crippen LogP contribution in [0.1, 0.15) is 5.56 Å². The normalized spacial score (nSPS) is 10.4. The molecule has 4 heteroatoms. The zero-order valence-corrected chi connectivity index (χ0v) is 8.06. The van der Waals surface area contributed by atoms with E-state index in [-0.39, 0.29) is 5.69 Å². The van der Waals surface area contributed by atoms with Crippen LogP contribution in [0.4, 0.5) is 5.69 Å².